The van der Waals surface area contributed by atoms with Crippen molar-refractivity contribution in [3.05, 3.63) is 77.9 Å². The van der Waals surface area contributed by atoms with E-state index >= 15 is 0 Å². The van der Waals surface area contributed by atoms with Crippen molar-refractivity contribution in [1.29, 1.82) is 0 Å². The monoisotopic (exact) mass is 390 g/mol. The van der Waals surface area contributed by atoms with Gasteiger partial charge in [0.2, 0.25) is 0 Å². The average molecular weight is 390 g/mol. The number of ether oxygens (including phenoxy) is 2. The lowest BCUT2D eigenvalue weighted by atomic mass is 10.0. The van der Waals surface area contributed by atoms with Gasteiger partial charge in [0.05, 0.1) is 6.61 Å². The number of esters is 1. The van der Waals surface area contributed by atoms with E-state index in [9.17, 15) is 14.4 Å². The predicted octanol–water partition coefficient (Wildman–Crippen LogP) is 4.63. The van der Waals surface area contributed by atoms with Crippen molar-refractivity contribution < 1.29 is 23.9 Å². The van der Waals surface area contributed by atoms with Crippen LogP contribution >= 0.6 is 0 Å². The van der Waals surface area contributed by atoms with Gasteiger partial charge in [-0.15, -0.1) is 0 Å². The minimum atomic E-state index is -0.435. The van der Waals surface area contributed by atoms with E-state index in [0.29, 0.717) is 29.9 Å². The van der Waals surface area contributed by atoms with E-state index in [4.69, 9.17) is 9.47 Å². The van der Waals surface area contributed by atoms with Gasteiger partial charge in [-0.2, -0.15) is 0 Å². The molecule has 0 heterocycles. The Balaban J connectivity index is 1.39. The summed E-state index contributed by atoms with van der Waals surface area (Å²) in [5.41, 5.74) is 1.14. The van der Waals surface area contributed by atoms with Crippen LogP contribution in [0.15, 0.2) is 66.7 Å². The standard InChI is InChI=1S/C24H22O5/c1-17(25)18-10-12-22(13-11-18)28-14-4-7-24(27)29-16-23(26)21-9-8-19-5-2-3-6-20(19)15-21/h2-3,5-6,8-13,15H,4,7,14,16H2,1H3. The number of benzene rings is 3. The van der Waals surface area contributed by atoms with Gasteiger partial charge in [0.25, 0.3) is 0 Å². The van der Waals surface area contributed by atoms with Crippen LogP contribution < -0.4 is 4.74 Å². The maximum Gasteiger partial charge on any atom is 0.306 e. The topological polar surface area (TPSA) is 69.7 Å². The van der Waals surface area contributed by atoms with Gasteiger partial charge in [0.1, 0.15) is 5.75 Å². The molecule has 5 heteroatoms. The first-order chi connectivity index (χ1) is 14.0. The SMILES string of the molecule is CC(=O)c1ccc(OCCCC(=O)OCC(=O)c2ccc3ccccc3c2)cc1. The van der Waals surface area contributed by atoms with Gasteiger partial charge >= 0.3 is 5.97 Å². The van der Waals surface area contributed by atoms with Gasteiger partial charge in [-0.25, -0.2) is 0 Å². The Bertz CT molecular complexity index is 1020. The van der Waals surface area contributed by atoms with Crippen molar-refractivity contribution in [2.75, 3.05) is 13.2 Å². The zero-order chi connectivity index (χ0) is 20.6. The zero-order valence-electron chi connectivity index (χ0n) is 16.2. The lowest BCUT2D eigenvalue weighted by molar-refractivity contribution is -0.142. The van der Waals surface area contributed by atoms with Crippen molar-refractivity contribution in [2.24, 2.45) is 0 Å². The summed E-state index contributed by atoms with van der Waals surface area (Å²) in [4.78, 5) is 35.3. The summed E-state index contributed by atoms with van der Waals surface area (Å²) in [7, 11) is 0. The summed E-state index contributed by atoms with van der Waals surface area (Å²) in [6.07, 6.45) is 0.633. The molecule has 0 amide bonds. The molecule has 3 rings (SSSR count). The highest BCUT2D eigenvalue weighted by Gasteiger charge is 2.11. The fourth-order valence-electron chi connectivity index (χ4n) is 2.86. The van der Waals surface area contributed by atoms with E-state index in [1.807, 2.05) is 30.3 Å². The number of ketones is 2. The van der Waals surface area contributed by atoms with E-state index in [0.717, 1.165) is 10.8 Å². The van der Waals surface area contributed by atoms with E-state index in [1.54, 1.807) is 36.4 Å². The van der Waals surface area contributed by atoms with Crippen LogP contribution in [0.2, 0.25) is 0 Å². The van der Waals surface area contributed by atoms with E-state index in [1.165, 1.54) is 6.92 Å². The molecule has 5 nitrogen and oxygen atoms in total. The van der Waals surface area contributed by atoms with Crippen molar-refractivity contribution in [3.8, 4) is 5.75 Å². The van der Waals surface area contributed by atoms with Gasteiger partial charge in [-0.1, -0.05) is 36.4 Å². The fourth-order valence-corrected chi connectivity index (χ4v) is 2.86. The van der Waals surface area contributed by atoms with Crippen molar-refractivity contribution in [3.63, 3.8) is 0 Å². The Morgan fingerprint density at radius 2 is 1.52 bits per heavy atom. The molecule has 0 aliphatic heterocycles. The zero-order valence-corrected chi connectivity index (χ0v) is 16.2. The summed E-state index contributed by atoms with van der Waals surface area (Å²) in [6.45, 7) is 1.57. The summed E-state index contributed by atoms with van der Waals surface area (Å²) in [6, 6.07) is 20.0. The molecule has 0 fully saturated rings. The second-order valence-electron chi connectivity index (χ2n) is 6.68. The molecule has 3 aromatic carbocycles. The lowest BCUT2D eigenvalue weighted by Crippen LogP contribution is -2.14. The third kappa shape index (κ3) is 5.75. The molecule has 0 atom stereocenters. The summed E-state index contributed by atoms with van der Waals surface area (Å²) in [5, 5.41) is 2.02. The number of hydrogen-bond donors (Lipinski definition) is 0. The van der Waals surface area contributed by atoms with Crippen molar-refractivity contribution in [2.45, 2.75) is 19.8 Å². The molecular weight excluding hydrogens is 368 g/mol. The van der Waals surface area contributed by atoms with Gasteiger partial charge in [0, 0.05) is 17.5 Å². The maximum atomic E-state index is 12.3. The smallest absolute Gasteiger partial charge is 0.306 e. The van der Waals surface area contributed by atoms with E-state index < -0.39 is 5.97 Å². The molecule has 0 saturated heterocycles. The summed E-state index contributed by atoms with van der Waals surface area (Å²) >= 11 is 0. The molecule has 0 unspecified atom stereocenters. The molecule has 29 heavy (non-hydrogen) atoms. The average Bonchev–Trinajstić information content (AvgIpc) is 2.75. The van der Waals surface area contributed by atoms with Crippen LogP contribution in [0.5, 0.6) is 5.75 Å². The Kier molecular flexibility index (Phi) is 6.74. The number of carbonyl (C=O) groups is 3. The first-order valence-electron chi connectivity index (χ1n) is 9.44. The highest BCUT2D eigenvalue weighted by atomic mass is 16.5. The maximum absolute atomic E-state index is 12.3. The third-order valence-corrected chi connectivity index (χ3v) is 4.49. The van der Waals surface area contributed by atoms with Crippen LogP contribution in [-0.2, 0) is 9.53 Å². The van der Waals surface area contributed by atoms with Crippen LogP contribution in [0.3, 0.4) is 0 Å². The molecule has 0 spiro atoms. The van der Waals surface area contributed by atoms with Crippen LogP contribution in [0, 0.1) is 0 Å². The lowest BCUT2D eigenvalue weighted by Gasteiger charge is -2.07. The predicted molar refractivity (Wildman–Crippen MR) is 110 cm³/mol. The molecule has 0 bridgehead atoms. The van der Waals surface area contributed by atoms with E-state index in [2.05, 4.69) is 0 Å². The second kappa shape index (κ2) is 9.64. The molecule has 0 aromatic heterocycles. The summed E-state index contributed by atoms with van der Waals surface area (Å²) < 4.78 is 10.6. The minimum absolute atomic E-state index is 0.00229. The Hall–Kier alpha value is -3.47. The van der Waals surface area contributed by atoms with E-state index in [-0.39, 0.29) is 24.6 Å². The quantitative estimate of drug-likeness (QED) is 0.303. The Morgan fingerprint density at radius 3 is 2.24 bits per heavy atom. The van der Waals surface area contributed by atoms with Crippen LogP contribution in [-0.4, -0.2) is 30.7 Å². The second-order valence-corrected chi connectivity index (χ2v) is 6.68. The molecule has 0 radical (unpaired) electrons. The van der Waals surface area contributed by atoms with Gasteiger partial charge in [-0.3, -0.25) is 14.4 Å². The van der Waals surface area contributed by atoms with Gasteiger partial charge < -0.3 is 9.47 Å². The minimum Gasteiger partial charge on any atom is -0.494 e. The normalized spacial score (nSPS) is 10.5. The van der Waals surface area contributed by atoms with Crippen LogP contribution in [0.4, 0.5) is 0 Å². The first kappa shape index (κ1) is 20.3. The highest BCUT2D eigenvalue weighted by Crippen LogP contribution is 2.16. The molecule has 3 aromatic rings. The Morgan fingerprint density at radius 1 is 0.828 bits per heavy atom. The third-order valence-electron chi connectivity index (χ3n) is 4.49. The molecule has 0 aliphatic carbocycles. The molecule has 0 N–H and O–H groups in total. The number of rotatable bonds is 9. The number of hydrogen-bond acceptors (Lipinski definition) is 5. The molecule has 148 valence electrons. The first-order valence-corrected chi connectivity index (χ1v) is 9.44. The van der Waals surface area contributed by atoms with Gasteiger partial charge in [-0.05, 0) is 54.4 Å². The van der Waals surface area contributed by atoms with Crippen LogP contribution in [0.25, 0.3) is 10.8 Å². The van der Waals surface area contributed by atoms with Crippen molar-refractivity contribution >= 4 is 28.3 Å². The largest absolute Gasteiger partial charge is 0.494 e. The van der Waals surface area contributed by atoms with Crippen LogP contribution in [0.1, 0.15) is 40.5 Å². The Labute approximate surface area is 169 Å². The number of Topliss-reactive ketones (excluding diaryl/α,β-unsaturated/α-hetero) is 2. The highest BCUT2D eigenvalue weighted by molar-refractivity contribution is 6.01. The molecule has 0 saturated carbocycles. The van der Waals surface area contributed by atoms with Crippen molar-refractivity contribution in [1.82, 2.24) is 0 Å². The number of fused-ring (bicyclic) bond motifs is 1. The van der Waals surface area contributed by atoms with Gasteiger partial charge in [0.15, 0.2) is 18.2 Å². The molecular formula is C24H22O5. The fraction of sp³-hybridized carbons (Fsp3) is 0.208. The number of carbonyl (C=O) groups excluding carboxylic acids is 3. The summed E-state index contributed by atoms with van der Waals surface area (Å²) in [5.74, 6) is -0.0343. The molecule has 0 aliphatic rings.